The molecule has 0 unspecified atom stereocenters. The fourth-order valence-electron chi connectivity index (χ4n) is 2.56. The third-order valence-electron chi connectivity index (χ3n) is 3.64. The number of rotatable bonds is 2. The van der Waals surface area contributed by atoms with Gasteiger partial charge in [-0.2, -0.15) is 0 Å². The van der Waals surface area contributed by atoms with E-state index in [2.05, 4.69) is 32.0 Å². The maximum atomic E-state index is 11.4. The number of aromatic nitrogens is 2. The number of hydrogen-bond donors (Lipinski definition) is 1. The van der Waals surface area contributed by atoms with Crippen LogP contribution in [0.4, 0.5) is 11.6 Å². The van der Waals surface area contributed by atoms with Gasteiger partial charge in [0.15, 0.2) is 0 Å². The number of nitrogens with one attached hydrogen (secondary N) is 1. The molecule has 3 heterocycles. The molecule has 0 bridgehead atoms. The van der Waals surface area contributed by atoms with Gasteiger partial charge in [-0.05, 0) is 6.54 Å². The second-order valence-corrected chi connectivity index (χ2v) is 4.67. The number of carbonyl (C=O) groups excluding carboxylic acids is 1. The normalized spacial score (nSPS) is 19.8. The fourth-order valence-corrected chi connectivity index (χ4v) is 2.56. The number of nitrogens with zero attached hydrogens (tertiary/aromatic N) is 4. The molecule has 1 N–H and O–H groups in total. The molecular formula is C12H17N5O. The highest BCUT2D eigenvalue weighted by atomic mass is 16.1. The zero-order valence-corrected chi connectivity index (χ0v) is 10.5. The van der Waals surface area contributed by atoms with Crippen molar-refractivity contribution in [3.63, 3.8) is 0 Å². The molecule has 0 aromatic carbocycles. The molecule has 2 aliphatic rings. The second kappa shape index (κ2) is 4.53. The highest BCUT2D eigenvalue weighted by molar-refractivity contribution is 5.99. The van der Waals surface area contributed by atoms with Gasteiger partial charge < -0.3 is 15.1 Å². The summed E-state index contributed by atoms with van der Waals surface area (Å²) in [5.74, 6) is 1.62. The van der Waals surface area contributed by atoms with Crippen LogP contribution in [0.5, 0.6) is 0 Å². The molecule has 0 aliphatic carbocycles. The molecule has 18 heavy (non-hydrogen) atoms. The van der Waals surface area contributed by atoms with E-state index in [0.29, 0.717) is 12.2 Å². The maximum absolute atomic E-state index is 11.4. The van der Waals surface area contributed by atoms with Crippen molar-refractivity contribution in [2.75, 3.05) is 42.9 Å². The van der Waals surface area contributed by atoms with Crippen LogP contribution in [0.3, 0.4) is 0 Å². The van der Waals surface area contributed by atoms with Crippen LogP contribution in [0.15, 0.2) is 6.33 Å². The summed E-state index contributed by atoms with van der Waals surface area (Å²) >= 11 is 0. The van der Waals surface area contributed by atoms with Crippen molar-refractivity contribution in [2.45, 2.75) is 13.3 Å². The third-order valence-corrected chi connectivity index (χ3v) is 3.64. The maximum Gasteiger partial charge on any atom is 0.230 e. The molecule has 2 aliphatic heterocycles. The zero-order chi connectivity index (χ0) is 12.5. The Morgan fingerprint density at radius 1 is 1.28 bits per heavy atom. The van der Waals surface area contributed by atoms with Crippen molar-refractivity contribution in [1.82, 2.24) is 14.9 Å². The summed E-state index contributed by atoms with van der Waals surface area (Å²) in [6.07, 6.45) is 1.94. The predicted octanol–water partition coefficient (Wildman–Crippen LogP) is 0.113. The van der Waals surface area contributed by atoms with E-state index in [4.69, 9.17) is 0 Å². The van der Waals surface area contributed by atoms with Crippen LogP contribution in [0.25, 0.3) is 0 Å². The number of fused-ring (bicyclic) bond motifs is 1. The van der Waals surface area contributed by atoms with E-state index >= 15 is 0 Å². The number of piperazine rings is 1. The first-order chi connectivity index (χ1) is 8.78. The van der Waals surface area contributed by atoms with E-state index < -0.39 is 0 Å². The molecule has 0 atom stereocenters. The molecule has 1 aromatic heterocycles. The minimum absolute atomic E-state index is 0.0129. The monoisotopic (exact) mass is 247 g/mol. The van der Waals surface area contributed by atoms with Crippen molar-refractivity contribution in [2.24, 2.45) is 0 Å². The minimum Gasteiger partial charge on any atom is -0.354 e. The van der Waals surface area contributed by atoms with Gasteiger partial charge in [0.2, 0.25) is 5.91 Å². The Morgan fingerprint density at radius 3 is 2.78 bits per heavy atom. The van der Waals surface area contributed by atoms with Gasteiger partial charge in [0.05, 0.1) is 6.42 Å². The van der Waals surface area contributed by atoms with Crippen molar-refractivity contribution < 1.29 is 4.79 Å². The topological polar surface area (TPSA) is 61.4 Å². The molecule has 0 saturated carbocycles. The molecule has 0 radical (unpaired) electrons. The van der Waals surface area contributed by atoms with Crippen LogP contribution >= 0.6 is 0 Å². The predicted molar refractivity (Wildman–Crippen MR) is 68.7 cm³/mol. The van der Waals surface area contributed by atoms with Crippen LogP contribution in [-0.2, 0) is 11.2 Å². The standard InChI is InChI=1S/C12H17N5O/c1-2-16-3-5-17(6-4-16)12-9-7-10(18)15-11(9)13-8-14-12/h8H,2-7H2,1H3,(H,13,14,15,18). The van der Waals surface area contributed by atoms with Crippen LogP contribution in [0, 0.1) is 0 Å². The molecule has 1 aromatic rings. The SMILES string of the molecule is CCN1CCN(c2ncnc3c2CC(=O)N3)CC1. The lowest BCUT2D eigenvalue weighted by molar-refractivity contribution is -0.115. The largest absolute Gasteiger partial charge is 0.354 e. The highest BCUT2D eigenvalue weighted by Crippen LogP contribution is 2.28. The van der Waals surface area contributed by atoms with Crippen LogP contribution in [-0.4, -0.2) is 53.5 Å². The van der Waals surface area contributed by atoms with Crippen LogP contribution < -0.4 is 10.2 Å². The van der Waals surface area contributed by atoms with Crippen molar-refractivity contribution >= 4 is 17.5 Å². The van der Waals surface area contributed by atoms with Gasteiger partial charge >= 0.3 is 0 Å². The summed E-state index contributed by atoms with van der Waals surface area (Å²) in [4.78, 5) is 24.6. The van der Waals surface area contributed by atoms with E-state index in [9.17, 15) is 4.79 Å². The summed E-state index contributed by atoms with van der Waals surface area (Å²) in [6.45, 7) is 7.31. The smallest absolute Gasteiger partial charge is 0.230 e. The average molecular weight is 247 g/mol. The van der Waals surface area contributed by atoms with Gasteiger partial charge in [-0.15, -0.1) is 0 Å². The molecule has 6 nitrogen and oxygen atoms in total. The lowest BCUT2D eigenvalue weighted by atomic mass is 10.2. The Morgan fingerprint density at radius 2 is 2.06 bits per heavy atom. The van der Waals surface area contributed by atoms with Crippen LogP contribution in [0.2, 0.25) is 0 Å². The van der Waals surface area contributed by atoms with Gasteiger partial charge in [0, 0.05) is 31.7 Å². The Kier molecular flexibility index (Phi) is 2.87. The molecule has 1 amide bonds. The Balaban J connectivity index is 1.82. The first-order valence-corrected chi connectivity index (χ1v) is 6.39. The number of likely N-dealkylation sites (N-methyl/N-ethyl adjacent to an activating group) is 1. The minimum atomic E-state index is 0.0129. The number of amides is 1. The van der Waals surface area contributed by atoms with E-state index in [1.54, 1.807) is 0 Å². The molecule has 1 saturated heterocycles. The Labute approximate surface area is 106 Å². The third kappa shape index (κ3) is 1.92. The van der Waals surface area contributed by atoms with Crippen molar-refractivity contribution in [3.8, 4) is 0 Å². The lowest BCUT2D eigenvalue weighted by Crippen LogP contribution is -2.46. The highest BCUT2D eigenvalue weighted by Gasteiger charge is 2.27. The number of hydrogen-bond acceptors (Lipinski definition) is 5. The molecule has 6 heteroatoms. The quantitative estimate of drug-likeness (QED) is 0.804. The van der Waals surface area contributed by atoms with E-state index in [1.807, 2.05) is 0 Å². The van der Waals surface area contributed by atoms with E-state index in [1.165, 1.54) is 6.33 Å². The van der Waals surface area contributed by atoms with Crippen molar-refractivity contribution in [3.05, 3.63) is 11.9 Å². The molecular weight excluding hydrogens is 230 g/mol. The summed E-state index contributed by atoms with van der Waals surface area (Å²) in [7, 11) is 0. The number of anilines is 2. The average Bonchev–Trinajstić information content (AvgIpc) is 2.79. The summed E-state index contributed by atoms with van der Waals surface area (Å²) < 4.78 is 0. The van der Waals surface area contributed by atoms with E-state index in [0.717, 1.165) is 44.1 Å². The molecule has 96 valence electrons. The van der Waals surface area contributed by atoms with Gasteiger partial charge in [-0.3, -0.25) is 4.79 Å². The molecule has 3 rings (SSSR count). The number of carbonyl (C=O) groups is 1. The summed E-state index contributed by atoms with van der Waals surface area (Å²) in [5, 5.41) is 2.77. The Bertz CT molecular complexity index is 468. The zero-order valence-electron chi connectivity index (χ0n) is 10.5. The lowest BCUT2D eigenvalue weighted by Gasteiger charge is -2.35. The summed E-state index contributed by atoms with van der Waals surface area (Å²) in [5.41, 5.74) is 0.951. The van der Waals surface area contributed by atoms with Crippen LogP contribution in [0.1, 0.15) is 12.5 Å². The van der Waals surface area contributed by atoms with Gasteiger partial charge in [-0.25, -0.2) is 9.97 Å². The Hall–Kier alpha value is -1.69. The summed E-state index contributed by atoms with van der Waals surface area (Å²) in [6, 6.07) is 0. The van der Waals surface area contributed by atoms with Crippen molar-refractivity contribution in [1.29, 1.82) is 0 Å². The first kappa shape index (κ1) is 11.4. The molecule has 1 fully saturated rings. The van der Waals surface area contributed by atoms with Gasteiger partial charge in [0.1, 0.15) is 18.0 Å². The first-order valence-electron chi connectivity index (χ1n) is 6.39. The van der Waals surface area contributed by atoms with Gasteiger partial charge in [0.25, 0.3) is 0 Å². The second-order valence-electron chi connectivity index (χ2n) is 4.67. The van der Waals surface area contributed by atoms with Gasteiger partial charge in [-0.1, -0.05) is 6.92 Å². The fraction of sp³-hybridized carbons (Fsp3) is 0.583. The van der Waals surface area contributed by atoms with E-state index in [-0.39, 0.29) is 5.91 Å². The molecule has 0 spiro atoms.